The second kappa shape index (κ2) is 3.23. The second-order valence-electron chi connectivity index (χ2n) is 2.26. The highest BCUT2D eigenvalue weighted by atomic mass is 31.2. The molecule has 0 saturated carbocycles. The van der Waals surface area contributed by atoms with Gasteiger partial charge in [0.1, 0.15) is 12.0 Å². The predicted molar refractivity (Wildman–Crippen MR) is 35.5 cm³/mol. The molecule has 4 nitrogen and oxygen atoms in total. The Morgan fingerprint density at radius 1 is 1.62 bits per heavy atom. The molecule has 13 heavy (non-hydrogen) atoms. The Bertz CT molecular complexity index is 271. The van der Waals surface area contributed by atoms with Gasteiger partial charge in [-0.3, -0.25) is 4.52 Å². The zero-order valence-corrected chi connectivity index (χ0v) is 7.39. The maximum Gasteiger partial charge on any atom is 0.587 e. The lowest BCUT2D eigenvalue weighted by Crippen LogP contribution is -2.15. The maximum absolute atomic E-state index is 11.6. The summed E-state index contributed by atoms with van der Waals surface area (Å²) in [5.41, 5.74) is 0. The molecule has 1 rings (SSSR count). The Labute approximate surface area is 71.9 Å². The van der Waals surface area contributed by atoms with Gasteiger partial charge in [-0.25, -0.2) is 4.57 Å². The van der Waals surface area contributed by atoms with Crippen LogP contribution in [0.25, 0.3) is 0 Å². The van der Waals surface area contributed by atoms with E-state index in [9.17, 15) is 17.7 Å². The van der Waals surface area contributed by atoms with Crippen molar-refractivity contribution in [1.29, 1.82) is 0 Å². The molecule has 1 atom stereocenters. The van der Waals surface area contributed by atoms with E-state index in [-0.39, 0.29) is 5.76 Å². The summed E-state index contributed by atoms with van der Waals surface area (Å²) in [5, 5.41) is 0. The minimum absolute atomic E-state index is 0.116. The third-order valence-electron chi connectivity index (χ3n) is 0.990. The van der Waals surface area contributed by atoms with Crippen molar-refractivity contribution in [2.45, 2.75) is 13.1 Å². The Morgan fingerprint density at radius 3 is 2.62 bits per heavy atom. The fourth-order valence-corrected chi connectivity index (χ4v) is 1.70. The Hall–Kier alpha value is -0.680. The van der Waals surface area contributed by atoms with Crippen LogP contribution in [0.3, 0.4) is 0 Å². The first-order valence-electron chi connectivity index (χ1n) is 3.17. The minimum Gasteiger partial charge on any atom is -0.399 e. The van der Waals surface area contributed by atoms with E-state index in [1.807, 2.05) is 0 Å². The summed E-state index contributed by atoms with van der Waals surface area (Å²) in [7, 11) is -4.04. The van der Waals surface area contributed by atoms with Crippen molar-refractivity contribution in [2.24, 2.45) is 0 Å². The molecule has 1 unspecified atom stereocenters. The summed E-state index contributed by atoms with van der Waals surface area (Å²) in [6, 6.07) is 0. The van der Waals surface area contributed by atoms with Gasteiger partial charge in [0, 0.05) is 0 Å². The lowest BCUT2D eigenvalue weighted by atomic mass is 10.7. The minimum atomic E-state index is -4.55. The molecule has 76 valence electrons. The molecule has 0 aromatic carbocycles. The molecule has 0 aromatic rings. The van der Waals surface area contributed by atoms with Gasteiger partial charge in [0.05, 0.1) is 0 Å². The van der Waals surface area contributed by atoms with Crippen LogP contribution in [0, 0.1) is 0 Å². The summed E-state index contributed by atoms with van der Waals surface area (Å²) in [5.74, 6) is 0.116. The van der Waals surface area contributed by atoms with Crippen molar-refractivity contribution >= 4 is 7.82 Å². The van der Waals surface area contributed by atoms with E-state index in [0.717, 1.165) is 6.26 Å². The Kier molecular flexibility index (Phi) is 2.58. The van der Waals surface area contributed by atoms with Crippen LogP contribution in [-0.2, 0) is 18.1 Å². The van der Waals surface area contributed by atoms with E-state index in [4.69, 9.17) is 0 Å². The van der Waals surface area contributed by atoms with Crippen LogP contribution >= 0.6 is 7.82 Å². The van der Waals surface area contributed by atoms with Crippen molar-refractivity contribution in [3.63, 3.8) is 0 Å². The van der Waals surface area contributed by atoms with E-state index >= 15 is 0 Å². The summed E-state index contributed by atoms with van der Waals surface area (Å²) in [6.45, 7) is -0.276. The molecular weight excluding hydrogens is 212 g/mol. The van der Waals surface area contributed by atoms with Gasteiger partial charge in [0.2, 0.25) is 0 Å². The number of hydrogen-bond donors (Lipinski definition) is 0. The second-order valence-corrected chi connectivity index (χ2v) is 3.81. The molecule has 1 aliphatic heterocycles. The summed E-state index contributed by atoms with van der Waals surface area (Å²) in [4.78, 5) is 0. The normalized spacial score (nSPS) is 27.8. The maximum atomic E-state index is 11.6. The molecule has 1 aliphatic rings. The zero-order valence-electron chi connectivity index (χ0n) is 6.50. The van der Waals surface area contributed by atoms with E-state index < -0.39 is 20.6 Å². The first-order valence-corrected chi connectivity index (χ1v) is 4.63. The molecule has 1 heterocycles. The quantitative estimate of drug-likeness (QED) is 0.668. The average molecular weight is 218 g/mol. The number of phosphoric acid groups is 1. The van der Waals surface area contributed by atoms with Crippen LogP contribution in [-0.4, -0.2) is 12.8 Å². The van der Waals surface area contributed by atoms with E-state index in [1.165, 1.54) is 6.92 Å². The highest BCUT2D eigenvalue weighted by molar-refractivity contribution is 7.48. The van der Waals surface area contributed by atoms with Gasteiger partial charge >= 0.3 is 14.0 Å². The lowest BCUT2D eigenvalue weighted by molar-refractivity contribution is -0.156. The molecule has 8 heteroatoms. The van der Waals surface area contributed by atoms with Gasteiger partial charge in [-0.1, -0.05) is 0 Å². The first-order chi connectivity index (χ1) is 5.81. The first kappa shape index (κ1) is 10.4. The molecular formula is C5H6F3O4P. The number of allylic oxidation sites excluding steroid dienone is 1. The molecule has 0 amide bonds. The molecule has 0 spiro atoms. The standard InChI is InChI=1S/C5H6F3O4P/c1-4-2-10-13(9,12-4)11-3-5(6,7)8/h2H,3H2,1H3. The molecule has 0 aromatic heterocycles. The molecule has 0 radical (unpaired) electrons. The smallest absolute Gasteiger partial charge is 0.399 e. The van der Waals surface area contributed by atoms with Crippen LogP contribution in [0.2, 0.25) is 0 Å². The Morgan fingerprint density at radius 2 is 2.23 bits per heavy atom. The van der Waals surface area contributed by atoms with Crippen molar-refractivity contribution in [3.8, 4) is 0 Å². The third-order valence-corrected chi connectivity index (χ3v) is 2.31. The van der Waals surface area contributed by atoms with E-state index in [1.54, 1.807) is 0 Å². The topological polar surface area (TPSA) is 44.8 Å². The molecule has 0 N–H and O–H groups in total. The van der Waals surface area contributed by atoms with Crippen LogP contribution < -0.4 is 0 Å². The van der Waals surface area contributed by atoms with E-state index in [2.05, 4.69) is 13.6 Å². The molecule has 0 fully saturated rings. The zero-order chi connectivity index (χ0) is 10.1. The van der Waals surface area contributed by atoms with Gasteiger partial charge in [-0.2, -0.15) is 13.2 Å². The van der Waals surface area contributed by atoms with Crippen LogP contribution in [0.5, 0.6) is 0 Å². The summed E-state index contributed by atoms with van der Waals surface area (Å²) < 4.78 is 58.5. The monoisotopic (exact) mass is 218 g/mol. The van der Waals surface area contributed by atoms with Crippen LogP contribution in [0.1, 0.15) is 6.92 Å². The van der Waals surface area contributed by atoms with Gasteiger partial charge in [0.15, 0.2) is 6.61 Å². The largest absolute Gasteiger partial charge is 0.587 e. The number of alkyl halides is 3. The SMILES string of the molecule is CC1=COP(=O)(OCC(F)(F)F)O1. The summed E-state index contributed by atoms with van der Waals surface area (Å²) >= 11 is 0. The molecule has 0 aliphatic carbocycles. The Balaban J connectivity index is 2.43. The third kappa shape index (κ3) is 3.28. The average Bonchev–Trinajstić information content (AvgIpc) is 2.27. The van der Waals surface area contributed by atoms with Gasteiger partial charge in [-0.15, -0.1) is 0 Å². The fourth-order valence-electron chi connectivity index (χ4n) is 0.567. The molecule has 0 bridgehead atoms. The summed E-state index contributed by atoms with van der Waals surface area (Å²) in [6.07, 6.45) is -3.61. The predicted octanol–water partition coefficient (Wildman–Crippen LogP) is 2.58. The van der Waals surface area contributed by atoms with E-state index in [0.29, 0.717) is 0 Å². The molecule has 0 saturated heterocycles. The van der Waals surface area contributed by atoms with Crippen molar-refractivity contribution < 1.29 is 31.3 Å². The van der Waals surface area contributed by atoms with Crippen LogP contribution in [0.4, 0.5) is 13.2 Å². The highest BCUT2D eigenvalue weighted by Crippen LogP contribution is 2.56. The number of phosphoric ester groups is 1. The van der Waals surface area contributed by atoms with Crippen LogP contribution in [0.15, 0.2) is 12.0 Å². The highest BCUT2D eigenvalue weighted by Gasteiger charge is 2.39. The van der Waals surface area contributed by atoms with Crippen molar-refractivity contribution in [1.82, 2.24) is 0 Å². The number of halogens is 3. The van der Waals surface area contributed by atoms with Crippen molar-refractivity contribution in [3.05, 3.63) is 12.0 Å². The van der Waals surface area contributed by atoms with Crippen molar-refractivity contribution in [2.75, 3.05) is 6.61 Å². The number of hydrogen-bond acceptors (Lipinski definition) is 4. The fraction of sp³-hybridized carbons (Fsp3) is 0.600. The van der Waals surface area contributed by atoms with Gasteiger partial charge in [0.25, 0.3) is 0 Å². The van der Waals surface area contributed by atoms with Gasteiger partial charge < -0.3 is 9.05 Å². The number of rotatable bonds is 2. The van der Waals surface area contributed by atoms with Gasteiger partial charge in [-0.05, 0) is 6.92 Å². The lowest BCUT2D eigenvalue weighted by Gasteiger charge is -2.11.